The molecular weight excluding hydrogens is 923 g/mol. The lowest BCUT2D eigenvalue weighted by atomic mass is 10.0. The molecule has 0 saturated heterocycles. The molecule has 0 fully saturated rings. The highest BCUT2D eigenvalue weighted by molar-refractivity contribution is 5.76. The summed E-state index contributed by atoms with van der Waals surface area (Å²) in [6.07, 6.45) is 82.0. The summed E-state index contributed by atoms with van der Waals surface area (Å²) in [6, 6.07) is -0.633. The second-order valence-electron chi connectivity index (χ2n) is 23.1. The van der Waals surface area contributed by atoms with Crippen LogP contribution in [0.2, 0.25) is 0 Å². The number of nitrogens with one attached hydrogen (secondary N) is 1. The summed E-state index contributed by atoms with van der Waals surface area (Å²) in [5, 5.41) is 23.2. The number of ether oxygens (including phenoxy) is 1. The Morgan fingerprint density at radius 3 is 0.947 bits per heavy atom. The molecule has 75 heavy (non-hydrogen) atoms. The number of amides is 1. The Bertz CT molecular complexity index is 1210. The minimum Gasteiger partial charge on any atom is -0.466 e. The molecule has 0 aliphatic heterocycles. The number of rotatable bonds is 63. The molecule has 0 aromatic rings. The summed E-state index contributed by atoms with van der Waals surface area (Å²) in [5.74, 6) is -0.0639. The maximum atomic E-state index is 12.5. The monoisotopic (exact) mass is 1050 g/mol. The standard InChI is InChI=1S/C69H131NO5/c1-3-5-7-9-11-13-15-17-19-21-30-33-37-41-45-49-53-57-61-67(72)66(65-71)70-68(73)62-58-54-50-46-42-38-34-31-27-25-23-22-24-26-28-32-36-40-44-48-52-56-60-64-75-69(74)63-59-55-51-47-43-39-35-29-20-18-16-14-12-10-8-6-4-2/h18,20,25,27,57,61,66-67,71-72H,3-17,19,21-24,26,28-56,58-60,62-65H2,1-2H3,(H,70,73)/b20-18-,27-25-,61-57+. The van der Waals surface area contributed by atoms with Gasteiger partial charge in [-0.2, -0.15) is 0 Å². The smallest absolute Gasteiger partial charge is 0.305 e. The van der Waals surface area contributed by atoms with E-state index in [9.17, 15) is 19.8 Å². The molecule has 0 heterocycles. The third-order valence-electron chi connectivity index (χ3n) is 15.6. The van der Waals surface area contributed by atoms with Gasteiger partial charge in [0.25, 0.3) is 0 Å². The van der Waals surface area contributed by atoms with Crippen LogP contribution in [-0.2, 0) is 14.3 Å². The topological polar surface area (TPSA) is 95.9 Å². The molecular formula is C69H131NO5. The summed E-state index contributed by atoms with van der Waals surface area (Å²) in [6.45, 7) is 4.92. The van der Waals surface area contributed by atoms with Crippen molar-refractivity contribution in [1.82, 2.24) is 5.32 Å². The number of hydrogen-bond acceptors (Lipinski definition) is 5. The first-order valence-electron chi connectivity index (χ1n) is 33.8. The van der Waals surface area contributed by atoms with Crippen LogP contribution in [0.25, 0.3) is 0 Å². The van der Waals surface area contributed by atoms with Crippen molar-refractivity contribution in [1.29, 1.82) is 0 Å². The van der Waals surface area contributed by atoms with Crippen molar-refractivity contribution in [2.75, 3.05) is 13.2 Å². The van der Waals surface area contributed by atoms with Crippen molar-refractivity contribution in [2.24, 2.45) is 0 Å². The van der Waals surface area contributed by atoms with E-state index in [0.717, 1.165) is 51.4 Å². The molecule has 0 rings (SSSR count). The summed E-state index contributed by atoms with van der Waals surface area (Å²) >= 11 is 0. The summed E-state index contributed by atoms with van der Waals surface area (Å²) < 4.78 is 5.50. The Kier molecular flexibility index (Phi) is 63.0. The number of unbranched alkanes of at least 4 members (excludes halogenated alkanes) is 48. The van der Waals surface area contributed by atoms with Crippen LogP contribution in [0, 0.1) is 0 Å². The highest BCUT2D eigenvalue weighted by Gasteiger charge is 2.18. The SMILES string of the molecule is CCCCCCCC/C=C\CCCCCCCCCC(=O)OCCCCCCCCCCCCCC/C=C\CCCCCCCCCC(=O)NC(CO)C(O)/C=C/CCCCCCCCCCCCCCCCCC. The maximum absolute atomic E-state index is 12.5. The molecule has 0 aliphatic rings. The molecule has 0 aliphatic carbocycles. The first-order valence-corrected chi connectivity index (χ1v) is 33.8. The van der Waals surface area contributed by atoms with Gasteiger partial charge < -0.3 is 20.3 Å². The number of aliphatic hydroxyl groups excluding tert-OH is 2. The van der Waals surface area contributed by atoms with E-state index in [1.165, 1.54) is 289 Å². The van der Waals surface area contributed by atoms with Gasteiger partial charge in [-0.3, -0.25) is 9.59 Å². The number of aliphatic hydroxyl groups is 2. The minimum absolute atomic E-state index is 0.00800. The maximum Gasteiger partial charge on any atom is 0.305 e. The van der Waals surface area contributed by atoms with Crippen LogP contribution < -0.4 is 5.32 Å². The van der Waals surface area contributed by atoms with Gasteiger partial charge in [-0.15, -0.1) is 0 Å². The molecule has 2 unspecified atom stereocenters. The van der Waals surface area contributed by atoms with Gasteiger partial charge in [-0.25, -0.2) is 0 Å². The van der Waals surface area contributed by atoms with Gasteiger partial charge >= 0.3 is 5.97 Å². The number of carbonyl (C=O) groups is 2. The first-order chi connectivity index (χ1) is 37.0. The minimum atomic E-state index is -0.849. The van der Waals surface area contributed by atoms with E-state index in [2.05, 4.69) is 43.5 Å². The molecule has 3 N–H and O–H groups in total. The molecule has 0 aromatic carbocycles. The molecule has 0 saturated carbocycles. The fraction of sp³-hybridized carbons (Fsp3) is 0.884. The zero-order valence-corrected chi connectivity index (χ0v) is 50.5. The predicted octanol–water partition coefficient (Wildman–Crippen LogP) is 21.5. The van der Waals surface area contributed by atoms with Crippen molar-refractivity contribution in [3.63, 3.8) is 0 Å². The highest BCUT2D eigenvalue weighted by Crippen LogP contribution is 2.18. The third kappa shape index (κ3) is 61.2. The lowest BCUT2D eigenvalue weighted by molar-refractivity contribution is -0.143. The second kappa shape index (κ2) is 64.6. The Morgan fingerprint density at radius 1 is 0.360 bits per heavy atom. The molecule has 0 radical (unpaired) electrons. The zero-order valence-electron chi connectivity index (χ0n) is 50.5. The summed E-state index contributed by atoms with van der Waals surface area (Å²) in [4.78, 5) is 24.6. The van der Waals surface area contributed by atoms with Crippen LogP contribution in [0.15, 0.2) is 36.5 Å². The molecule has 2 atom stereocenters. The molecule has 1 amide bonds. The Hall–Kier alpha value is -1.92. The van der Waals surface area contributed by atoms with Gasteiger partial charge in [-0.1, -0.05) is 307 Å². The quantitative estimate of drug-likeness (QED) is 0.0320. The van der Waals surface area contributed by atoms with E-state index in [0.29, 0.717) is 19.4 Å². The van der Waals surface area contributed by atoms with E-state index in [1.807, 2.05) is 6.08 Å². The van der Waals surface area contributed by atoms with Crippen molar-refractivity contribution in [3.8, 4) is 0 Å². The van der Waals surface area contributed by atoms with E-state index >= 15 is 0 Å². The van der Waals surface area contributed by atoms with Crippen LogP contribution in [0.1, 0.15) is 367 Å². The van der Waals surface area contributed by atoms with Gasteiger partial charge in [0.05, 0.1) is 25.4 Å². The lowest BCUT2D eigenvalue weighted by Crippen LogP contribution is -2.45. The van der Waals surface area contributed by atoms with Gasteiger partial charge in [0.15, 0.2) is 0 Å². The second-order valence-corrected chi connectivity index (χ2v) is 23.1. The lowest BCUT2D eigenvalue weighted by Gasteiger charge is -2.20. The Labute approximate surface area is 468 Å². The predicted molar refractivity (Wildman–Crippen MR) is 329 cm³/mol. The molecule has 0 bridgehead atoms. The molecule has 0 spiro atoms. The Morgan fingerprint density at radius 2 is 0.627 bits per heavy atom. The zero-order chi connectivity index (χ0) is 54.3. The van der Waals surface area contributed by atoms with Gasteiger partial charge in [-0.05, 0) is 83.5 Å². The average Bonchev–Trinajstić information content (AvgIpc) is 3.41. The van der Waals surface area contributed by atoms with Crippen molar-refractivity contribution < 1.29 is 24.5 Å². The third-order valence-corrected chi connectivity index (χ3v) is 15.6. The van der Waals surface area contributed by atoms with Crippen molar-refractivity contribution >= 4 is 11.9 Å². The van der Waals surface area contributed by atoms with E-state index in [1.54, 1.807) is 6.08 Å². The fourth-order valence-corrected chi connectivity index (χ4v) is 10.4. The van der Waals surface area contributed by atoms with Crippen LogP contribution in [-0.4, -0.2) is 47.4 Å². The first kappa shape index (κ1) is 73.1. The number of allylic oxidation sites excluding steroid dienone is 5. The summed E-state index contributed by atoms with van der Waals surface area (Å²) in [7, 11) is 0. The van der Waals surface area contributed by atoms with E-state index < -0.39 is 12.1 Å². The molecule has 0 aromatic heterocycles. The van der Waals surface area contributed by atoms with Gasteiger partial charge in [0.1, 0.15) is 0 Å². The number of carbonyl (C=O) groups excluding carboxylic acids is 2. The fourth-order valence-electron chi connectivity index (χ4n) is 10.4. The van der Waals surface area contributed by atoms with Crippen molar-refractivity contribution in [2.45, 2.75) is 379 Å². The van der Waals surface area contributed by atoms with Gasteiger partial charge in [0.2, 0.25) is 5.91 Å². The largest absolute Gasteiger partial charge is 0.466 e. The van der Waals surface area contributed by atoms with Crippen LogP contribution in [0.5, 0.6) is 0 Å². The van der Waals surface area contributed by atoms with E-state index in [4.69, 9.17) is 4.74 Å². The van der Waals surface area contributed by atoms with Gasteiger partial charge in [0, 0.05) is 12.8 Å². The summed E-state index contributed by atoms with van der Waals surface area (Å²) in [5.41, 5.74) is 0. The highest BCUT2D eigenvalue weighted by atomic mass is 16.5. The van der Waals surface area contributed by atoms with Crippen LogP contribution in [0.4, 0.5) is 0 Å². The van der Waals surface area contributed by atoms with Crippen LogP contribution in [0.3, 0.4) is 0 Å². The van der Waals surface area contributed by atoms with Crippen LogP contribution >= 0.6 is 0 Å². The average molecular weight is 1050 g/mol. The Balaban J connectivity index is 3.43. The van der Waals surface area contributed by atoms with E-state index in [-0.39, 0.29) is 18.5 Å². The van der Waals surface area contributed by atoms with Crippen molar-refractivity contribution in [3.05, 3.63) is 36.5 Å². The molecule has 442 valence electrons. The molecule has 6 nitrogen and oxygen atoms in total. The molecule has 6 heteroatoms. The number of hydrogen-bond donors (Lipinski definition) is 3. The normalized spacial score (nSPS) is 12.7. The number of esters is 1.